The van der Waals surface area contributed by atoms with E-state index in [1.807, 2.05) is 36.4 Å². The number of carbonyl (C=O) groups is 1. The minimum absolute atomic E-state index is 0.0731. The van der Waals surface area contributed by atoms with Gasteiger partial charge in [0.2, 0.25) is 5.91 Å². The number of aromatic amines is 1. The molecule has 0 spiro atoms. The number of hydrogen-bond acceptors (Lipinski definition) is 3. The highest BCUT2D eigenvalue weighted by atomic mass is 32.2. The summed E-state index contributed by atoms with van der Waals surface area (Å²) in [6.45, 7) is 1.96. The van der Waals surface area contributed by atoms with E-state index >= 15 is 0 Å². The lowest BCUT2D eigenvalue weighted by molar-refractivity contribution is -0.116. The number of anilines is 1. The van der Waals surface area contributed by atoms with Crippen LogP contribution in [0, 0.1) is 5.82 Å². The van der Waals surface area contributed by atoms with Crippen LogP contribution in [0.2, 0.25) is 0 Å². The summed E-state index contributed by atoms with van der Waals surface area (Å²) in [5.74, 6) is 0.0732. The summed E-state index contributed by atoms with van der Waals surface area (Å²) in [7, 11) is 0. The van der Waals surface area contributed by atoms with Gasteiger partial charge in [-0.2, -0.15) is 0 Å². The first-order chi connectivity index (χ1) is 15.5. The van der Waals surface area contributed by atoms with Crippen LogP contribution < -0.4 is 4.90 Å². The van der Waals surface area contributed by atoms with Crippen molar-refractivity contribution in [2.75, 3.05) is 17.2 Å². The molecule has 5 nitrogen and oxygen atoms in total. The highest BCUT2D eigenvalue weighted by Crippen LogP contribution is 2.39. The lowest BCUT2D eigenvalue weighted by Crippen LogP contribution is -2.38. The Morgan fingerprint density at radius 3 is 2.47 bits per heavy atom. The highest BCUT2D eigenvalue weighted by Gasteiger charge is 2.30. The van der Waals surface area contributed by atoms with Crippen LogP contribution in [0.5, 0.6) is 0 Å². The maximum Gasteiger partial charge on any atom is 0.224 e. The third kappa shape index (κ3) is 3.70. The van der Waals surface area contributed by atoms with Crippen molar-refractivity contribution in [3.05, 3.63) is 78.9 Å². The van der Waals surface area contributed by atoms with E-state index in [1.54, 1.807) is 29.4 Å². The number of H-pyrrole nitrogens is 1. The van der Waals surface area contributed by atoms with Crippen molar-refractivity contribution >= 4 is 22.8 Å². The molecule has 5 rings (SSSR count). The fourth-order valence-electron chi connectivity index (χ4n) is 4.03. The molecule has 1 atom stereocenters. The number of nitrogens with zero attached hydrogens (tertiary/aromatic N) is 2. The minimum Gasteiger partial charge on any atom is -0.611 e. The van der Waals surface area contributed by atoms with Gasteiger partial charge < -0.3 is 14.4 Å². The fraction of sp³-hybridized carbons (Fsp3) is 0.120. The van der Waals surface area contributed by atoms with E-state index in [-0.39, 0.29) is 11.7 Å². The average molecular weight is 446 g/mol. The molecule has 1 amide bonds. The van der Waals surface area contributed by atoms with E-state index in [1.165, 1.54) is 19.1 Å². The molecule has 7 heteroatoms. The smallest absolute Gasteiger partial charge is 0.224 e. The van der Waals surface area contributed by atoms with Crippen LogP contribution in [0.4, 0.5) is 10.1 Å². The molecular formula is C25H20FN3O2S. The zero-order valence-corrected chi connectivity index (χ0v) is 18.2. The summed E-state index contributed by atoms with van der Waals surface area (Å²) < 4.78 is 26.0. The van der Waals surface area contributed by atoms with E-state index in [9.17, 15) is 13.7 Å². The first-order valence-corrected chi connectivity index (χ1v) is 11.5. The molecule has 0 aliphatic carbocycles. The number of carbonyl (C=O) groups excluding carboxylic acids is 1. The van der Waals surface area contributed by atoms with Crippen LogP contribution in [0.15, 0.2) is 78.0 Å². The zero-order chi connectivity index (χ0) is 22.2. The Morgan fingerprint density at radius 1 is 1.03 bits per heavy atom. The van der Waals surface area contributed by atoms with Gasteiger partial charge in [0, 0.05) is 36.1 Å². The Bertz CT molecular complexity index is 1290. The molecule has 160 valence electrons. The monoisotopic (exact) mass is 445 g/mol. The van der Waals surface area contributed by atoms with Crippen LogP contribution in [0.1, 0.15) is 6.92 Å². The number of hydrogen-bond donors (Lipinski definition) is 1. The van der Waals surface area contributed by atoms with Crippen molar-refractivity contribution in [1.82, 2.24) is 9.97 Å². The number of nitrogens with one attached hydrogen (secondary N) is 1. The Hall–Kier alpha value is -3.42. The van der Waals surface area contributed by atoms with Gasteiger partial charge in [0.05, 0.1) is 12.2 Å². The molecule has 1 N–H and O–H groups in total. The second-order valence-electron chi connectivity index (χ2n) is 7.62. The van der Waals surface area contributed by atoms with E-state index in [2.05, 4.69) is 9.97 Å². The lowest BCUT2D eigenvalue weighted by atomic mass is 10.0. The van der Waals surface area contributed by atoms with Crippen LogP contribution in [-0.2, 0) is 16.0 Å². The van der Waals surface area contributed by atoms with Crippen LogP contribution in [0.25, 0.3) is 33.6 Å². The number of fused-ring (bicyclic) bond motifs is 1. The zero-order valence-electron chi connectivity index (χ0n) is 17.3. The quantitative estimate of drug-likeness (QED) is 0.450. The highest BCUT2D eigenvalue weighted by molar-refractivity contribution is 7.91. The van der Waals surface area contributed by atoms with Gasteiger partial charge in [0.15, 0.2) is 4.90 Å². The third-order valence-electron chi connectivity index (χ3n) is 5.63. The van der Waals surface area contributed by atoms with E-state index in [4.69, 9.17) is 0 Å². The standard InChI is InChI=1S/C25H20FN3O2S/c1-16(30)29-12-13-32(31)24-7-4-19(14-23(24)29)22-15-21(17-8-10-27-11-9-17)25(28-22)18-2-5-20(26)6-3-18/h2-11,14-15,28H,12-13H2,1H3. The predicted octanol–water partition coefficient (Wildman–Crippen LogP) is 5.02. The summed E-state index contributed by atoms with van der Waals surface area (Å²) in [5, 5.41) is 0. The van der Waals surface area contributed by atoms with Crippen molar-refractivity contribution in [1.29, 1.82) is 0 Å². The fourth-order valence-corrected chi connectivity index (χ4v) is 5.22. The number of benzene rings is 2. The summed E-state index contributed by atoms with van der Waals surface area (Å²) in [6.07, 6.45) is 3.46. The van der Waals surface area contributed by atoms with Gasteiger partial charge in [-0.25, -0.2) is 4.39 Å². The largest absolute Gasteiger partial charge is 0.611 e. The summed E-state index contributed by atoms with van der Waals surface area (Å²) >= 11 is -1.12. The molecular weight excluding hydrogens is 425 g/mol. The second-order valence-corrected chi connectivity index (χ2v) is 9.16. The molecule has 1 aliphatic rings. The molecule has 0 bridgehead atoms. The van der Waals surface area contributed by atoms with Gasteiger partial charge in [-0.05, 0) is 83.0 Å². The molecule has 0 fully saturated rings. The Balaban J connectivity index is 1.66. The number of halogens is 1. The molecule has 32 heavy (non-hydrogen) atoms. The first-order valence-electron chi connectivity index (χ1n) is 10.2. The number of pyridine rings is 1. The average Bonchev–Trinajstić information content (AvgIpc) is 3.25. The molecule has 1 aliphatic heterocycles. The SMILES string of the molecule is CC(=O)N1CC[S+]([O-])c2ccc(-c3cc(-c4ccncc4)c(-c4ccc(F)cc4)[nH]3)cc21. The predicted molar refractivity (Wildman–Crippen MR) is 124 cm³/mol. The van der Waals surface area contributed by atoms with Gasteiger partial charge in [-0.15, -0.1) is 0 Å². The summed E-state index contributed by atoms with van der Waals surface area (Å²) in [6, 6.07) is 17.9. The Labute approximate surface area is 188 Å². The van der Waals surface area contributed by atoms with Gasteiger partial charge in [0.25, 0.3) is 0 Å². The van der Waals surface area contributed by atoms with Crippen molar-refractivity contribution in [3.63, 3.8) is 0 Å². The molecule has 2 aromatic carbocycles. The summed E-state index contributed by atoms with van der Waals surface area (Å²) in [5.41, 5.74) is 6.05. The normalized spacial score (nSPS) is 15.5. The van der Waals surface area contributed by atoms with E-state index in [0.29, 0.717) is 22.9 Å². The van der Waals surface area contributed by atoms with Crippen LogP contribution in [-0.4, -0.2) is 32.7 Å². The molecule has 0 saturated heterocycles. The van der Waals surface area contributed by atoms with Gasteiger partial charge >= 0.3 is 0 Å². The Kier molecular flexibility index (Phi) is 5.28. The van der Waals surface area contributed by atoms with Crippen molar-refractivity contribution in [3.8, 4) is 33.6 Å². The molecule has 0 radical (unpaired) electrons. The molecule has 1 unspecified atom stereocenters. The van der Waals surface area contributed by atoms with Gasteiger partial charge in [-0.3, -0.25) is 9.78 Å². The lowest BCUT2D eigenvalue weighted by Gasteiger charge is -2.29. The van der Waals surface area contributed by atoms with Crippen LogP contribution in [0.3, 0.4) is 0 Å². The Morgan fingerprint density at radius 2 is 1.75 bits per heavy atom. The first kappa shape index (κ1) is 20.5. The van der Waals surface area contributed by atoms with E-state index < -0.39 is 11.2 Å². The second kappa shape index (κ2) is 8.26. The van der Waals surface area contributed by atoms with Gasteiger partial charge in [-0.1, -0.05) is 0 Å². The van der Waals surface area contributed by atoms with Crippen molar-refractivity contribution in [2.24, 2.45) is 0 Å². The number of aromatic nitrogens is 2. The van der Waals surface area contributed by atoms with Crippen molar-refractivity contribution in [2.45, 2.75) is 11.8 Å². The number of amides is 1. The molecule has 4 aromatic rings. The molecule has 2 aromatic heterocycles. The maximum atomic E-state index is 13.5. The topological polar surface area (TPSA) is 72.1 Å². The van der Waals surface area contributed by atoms with Crippen LogP contribution >= 0.6 is 0 Å². The van der Waals surface area contributed by atoms with Gasteiger partial charge in [0.1, 0.15) is 17.3 Å². The van der Waals surface area contributed by atoms with Crippen molar-refractivity contribution < 1.29 is 13.7 Å². The maximum absolute atomic E-state index is 13.5. The number of rotatable bonds is 3. The molecule has 3 heterocycles. The molecule has 0 saturated carbocycles. The summed E-state index contributed by atoms with van der Waals surface area (Å²) in [4.78, 5) is 22.1. The third-order valence-corrected chi connectivity index (χ3v) is 7.02. The van der Waals surface area contributed by atoms with E-state index in [0.717, 1.165) is 33.6 Å². The minimum atomic E-state index is -1.12.